The Hall–Kier alpha value is -2.61. The van der Waals surface area contributed by atoms with Crippen LogP contribution in [0.2, 0.25) is 0 Å². The fourth-order valence-electron chi connectivity index (χ4n) is 3.91. The van der Waals surface area contributed by atoms with Gasteiger partial charge < -0.3 is 19.1 Å². The summed E-state index contributed by atoms with van der Waals surface area (Å²) >= 11 is 0. The van der Waals surface area contributed by atoms with Gasteiger partial charge in [0.2, 0.25) is 5.91 Å². The van der Waals surface area contributed by atoms with Crippen molar-refractivity contribution in [3.63, 3.8) is 0 Å². The van der Waals surface area contributed by atoms with E-state index in [4.69, 9.17) is 14.2 Å². The molecule has 2 amide bonds. The monoisotopic (exact) mass is 377 g/mol. The van der Waals surface area contributed by atoms with Gasteiger partial charge in [0, 0.05) is 18.9 Å². The lowest BCUT2D eigenvalue weighted by atomic mass is 9.95. The lowest BCUT2D eigenvalue weighted by molar-refractivity contribution is -0.920. The van der Waals surface area contributed by atoms with Gasteiger partial charge in [0.05, 0.1) is 52.4 Å². The largest absolute Gasteiger partial charge is 0.497 e. The number of ether oxygens (including phenoxy) is 3. The van der Waals surface area contributed by atoms with Crippen LogP contribution >= 0.6 is 0 Å². The van der Waals surface area contributed by atoms with Crippen molar-refractivity contribution in [2.45, 2.75) is 25.3 Å². The average Bonchev–Trinajstić information content (AvgIpc) is 3.00. The normalized spacial score (nSPS) is 25.4. The number of esters is 1. The van der Waals surface area contributed by atoms with E-state index in [1.807, 2.05) is 0 Å². The van der Waals surface area contributed by atoms with Crippen LogP contribution in [0.25, 0.3) is 0 Å². The minimum atomic E-state index is -0.428. The highest BCUT2D eigenvalue weighted by Crippen LogP contribution is 2.34. The number of carbonyl (C=O) groups is 3. The Balaban J connectivity index is 1.76. The maximum absolute atomic E-state index is 13.0. The van der Waals surface area contributed by atoms with Crippen LogP contribution in [-0.4, -0.2) is 58.2 Å². The van der Waals surface area contributed by atoms with Gasteiger partial charge in [-0.05, 0) is 12.1 Å². The van der Waals surface area contributed by atoms with Gasteiger partial charge in [0.15, 0.2) is 6.04 Å². The Morgan fingerprint density at radius 2 is 1.81 bits per heavy atom. The number of rotatable bonds is 5. The first-order chi connectivity index (χ1) is 13.0. The number of benzene rings is 1. The number of hydrogen-bond acceptors (Lipinski definition) is 6. The number of piperidine rings is 1. The van der Waals surface area contributed by atoms with Crippen molar-refractivity contribution in [2.75, 3.05) is 39.3 Å². The second-order valence-electron chi connectivity index (χ2n) is 6.82. The first-order valence-corrected chi connectivity index (χ1v) is 9.01. The number of anilines is 1. The Kier molecular flexibility index (Phi) is 5.65. The molecule has 1 aromatic carbocycles. The lowest BCUT2D eigenvalue weighted by Gasteiger charge is -2.30. The van der Waals surface area contributed by atoms with E-state index in [9.17, 15) is 14.4 Å². The fraction of sp³-hybridized carbons (Fsp3) is 0.526. The van der Waals surface area contributed by atoms with Crippen molar-refractivity contribution in [3.05, 3.63) is 18.2 Å². The highest BCUT2D eigenvalue weighted by atomic mass is 16.5. The number of quaternary nitrogens is 1. The van der Waals surface area contributed by atoms with Gasteiger partial charge in [-0.2, -0.15) is 0 Å². The number of nitrogens with zero attached hydrogens (tertiary/aromatic N) is 1. The molecule has 0 radical (unpaired) electrons. The van der Waals surface area contributed by atoms with E-state index < -0.39 is 6.04 Å². The molecule has 2 aliphatic rings. The quantitative estimate of drug-likeness (QED) is 0.565. The molecule has 27 heavy (non-hydrogen) atoms. The first kappa shape index (κ1) is 19.2. The topological polar surface area (TPSA) is 86.6 Å². The van der Waals surface area contributed by atoms with Crippen LogP contribution < -0.4 is 19.3 Å². The number of amides is 2. The van der Waals surface area contributed by atoms with Gasteiger partial charge in [-0.25, -0.2) is 4.90 Å². The van der Waals surface area contributed by atoms with Crippen molar-refractivity contribution in [1.29, 1.82) is 0 Å². The van der Waals surface area contributed by atoms with E-state index in [0.717, 1.165) is 4.90 Å². The Morgan fingerprint density at radius 3 is 2.41 bits per heavy atom. The van der Waals surface area contributed by atoms with Crippen LogP contribution in [0.4, 0.5) is 5.69 Å². The number of nitrogens with one attached hydrogen (secondary N) is 1. The third-order valence-corrected chi connectivity index (χ3v) is 5.43. The molecule has 2 saturated heterocycles. The molecule has 1 N–H and O–H groups in total. The van der Waals surface area contributed by atoms with Crippen molar-refractivity contribution in [2.24, 2.45) is 5.92 Å². The molecule has 1 atom stereocenters. The number of likely N-dealkylation sites (tertiary alicyclic amines) is 1. The molecule has 0 bridgehead atoms. The maximum atomic E-state index is 13.0. The van der Waals surface area contributed by atoms with E-state index >= 15 is 0 Å². The number of methoxy groups -OCH3 is 3. The summed E-state index contributed by atoms with van der Waals surface area (Å²) in [5.74, 6) is 0.208. The molecular formula is C19H25N2O6+. The van der Waals surface area contributed by atoms with Gasteiger partial charge in [-0.15, -0.1) is 0 Å². The van der Waals surface area contributed by atoms with Crippen LogP contribution in [0.3, 0.4) is 0 Å². The molecule has 0 unspecified atom stereocenters. The second-order valence-corrected chi connectivity index (χ2v) is 6.82. The Morgan fingerprint density at radius 1 is 1.11 bits per heavy atom. The zero-order valence-corrected chi connectivity index (χ0v) is 15.8. The number of hydrogen-bond donors (Lipinski definition) is 1. The van der Waals surface area contributed by atoms with Gasteiger partial charge >= 0.3 is 5.97 Å². The molecule has 8 heteroatoms. The standard InChI is InChI=1S/C19H24N2O6/c1-25-13-4-5-14(16(10-13)26-2)21-17(22)11-15(18(21)23)20-8-6-12(7-9-20)19(24)27-3/h4-5,10,12,15H,6-9,11H2,1-3H3/p+1/t15-/m0/s1. The van der Waals surface area contributed by atoms with Gasteiger partial charge in [0.1, 0.15) is 11.5 Å². The minimum Gasteiger partial charge on any atom is -0.497 e. The molecular weight excluding hydrogens is 352 g/mol. The third kappa shape index (κ3) is 3.62. The van der Waals surface area contributed by atoms with E-state index in [0.29, 0.717) is 43.1 Å². The number of carbonyl (C=O) groups excluding carboxylic acids is 3. The average molecular weight is 377 g/mol. The van der Waals surface area contributed by atoms with Crippen LogP contribution in [0, 0.1) is 5.92 Å². The summed E-state index contributed by atoms with van der Waals surface area (Å²) in [5, 5.41) is 0. The summed E-state index contributed by atoms with van der Waals surface area (Å²) in [6, 6.07) is 4.58. The molecule has 3 rings (SSSR count). The maximum Gasteiger partial charge on any atom is 0.309 e. The van der Waals surface area contributed by atoms with E-state index in [-0.39, 0.29) is 30.1 Å². The molecule has 2 fully saturated rings. The lowest BCUT2D eigenvalue weighted by Crippen LogP contribution is -3.17. The van der Waals surface area contributed by atoms with E-state index in [1.165, 1.54) is 26.2 Å². The predicted octanol–water partition coefficient (Wildman–Crippen LogP) is -0.196. The van der Waals surface area contributed by atoms with Crippen molar-refractivity contribution < 1.29 is 33.5 Å². The summed E-state index contributed by atoms with van der Waals surface area (Å²) in [6.45, 7) is 1.33. The van der Waals surface area contributed by atoms with Crippen molar-refractivity contribution in [1.82, 2.24) is 0 Å². The smallest absolute Gasteiger partial charge is 0.309 e. The van der Waals surface area contributed by atoms with Crippen LogP contribution in [0.1, 0.15) is 19.3 Å². The summed E-state index contributed by atoms with van der Waals surface area (Å²) < 4.78 is 15.3. The molecule has 8 nitrogen and oxygen atoms in total. The SMILES string of the molecule is COC(=O)C1CC[NH+]([C@H]2CC(=O)N(c3ccc(OC)cc3OC)C2=O)CC1. The zero-order chi connectivity index (χ0) is 19.6. The predicted molar refractivity (Wildman–Crippen MR) is 95.9 cm³/mol. The zero-order valence-electron chi connectivity index (χ0n) is 15.8. The minimum absolute atomic E-state index is 0.122. The van der Waals surface area contributed by atoms with Gasteiger partial charge in [-0.1, -0.05) is 0 Å². The summed E-state index contributed by atoms with van der Waals surface area (Å²) in [6.07, 6.45) is 1.48. The van der Waals surface area contributed by atoms with E-state index in [2.05, 4.69) is 0 Å². The molecule has 0 spiro atoms. The Labute approximate surface area is 158 Å². The van der Waals surface area contributed by atoms with E-state index in [1.54, 1.807) is 18.2 Å². The van der Waals surface area contributed by atoms with Crippen molar-refractivity contribution in [3.8, 4) is 11.5 Å². The second kappa shape index (κ2) is 7.96. The summed E-state index contributed by atoms with van der Waals surface area (Å²) in [5.41, 5.74) is 0.430. The molecule has 0 aliphatic carbocycles. The van der Waals surface area contributed by atoms with Crippen LogP contribution in [-0.2, 0) is 19.1 Å². The number of imide groups is 1. The fourth-order valence-corrected chi connectivity index (χ4v) is 3.91. The summed E-state index contributed by atoms with van der Waals surface area (Å²) in [4.78, 5) is 39.6. The molecule has 146 valence electrons. The highest BCUT2D eigenvalue weighted by molar-refractivity contribution is 6.22. The molecule has 2 aliphatic heterocycles. The molecule has 0 saturated carbocycles. The Bertz CT molecular complexity index is 742. The van der Waals surface area contributed by atoms with Crippen molar-refractivity contribution >= 4 is 23.5 Å². The van der Waals surface area contributed by atoms with Gasteiger partial charge in [-0.3, -0.25) is 14.4 Å². The molecule has 2 heterocycles. The van der Waals surface area contributed by atoms with Gasteiger partial charge in [0.25, 0.3) is 5.91 Å². The molecule has 1 aromatic rings. The third-order valence-electron chi connectivity index (χ3n) is 5.43. The first-order valence-electron chi connectivity index (χ1n) is 9.01. The summed E-state index contributed by atoms with van der Waals surface area (Å²) in [7, 11) is 4.42. The molecule has 0 aromatic heterocycles. The van der Waals surface area contributed by atoms with Crippen LogP contribution in [0.15, 0.2) is 18.2 Å². The van der Waals surface area contributed by atoms with Crippen LogP contribution in [0.5, 0.6) is 11.5 Å². The highest BCUT2D eigenvalue weighted by Gasteiger charge is 2.47.